The van der Waals surface area contributed by atoms with Gasteiger partial charge in [-0.15, -0.1) is 0 Å². The van der Waals surface area contributed by atoms with Gasteiger partial charge in [0, 0.05) is 38.6 Å². The Morgan fingerprint density at radius 2 is 2.08 bits per heavy atom. The first-order valence-corrected chi connectivity index (χ1v) is 8.60. The van der Waals surface area contributed by atoms with Gasteiger partial charge in [-0.1, -0.05) is 12.1 Å². The van der Waals surface area contributed by atoms with Crippen LogP contribution in [0.1, 0.15) is 26.3 Å². The van der Waals surface area contributed by atoms with E-state index in [1.807, 2.05) is 63.0 Å². The average molecular weight is 356 g/mol. The highest BCUT2D eigenvalue weighted by atomic mass is 16.2. The first-order chi connectivity index (χ1) is 12.3. The van der Waals surface area contributed by atoms with Gasteiger partial charge in [0.1, 0.15) is 0 Å². The molecule has 7 heteroatoms. The summed E-state index contributed by atoms with van der Waals surface area (Å²) >= 11 is 0. The summed E-state index contributed by atoms with van der Waals surface area (Å²) in [6, 6.07) is 10.0. The van der Waals surface area contributed by atoms with Crippen molar-refractivity contribution in [2.75, 3.05) is 20.6 Å². The lowest BCUT2D eigenvalue weighted by Gasteiger charge is -2.25. The topological polar surface area (TPSA) is 74.5 Å². The minimum Gasteiger partial charge on any atom is -0.352 e. The van der Waals surface area contributed by atoms with Crippen LogP contribution < -0.4 is 10.6 Å². The summed E-state index contributed by atoms with van der Waals surface area (Å²) in [7, 11) is 3.55. The zero-order valence-electron chi connectivity index (χ0n) is 16.2. The first kappa shape index (κ1) is 19.5. The summed E-state index contributed by atoms with van der Waals surface area (Å²) in [6.07, 6.45) is 3.66. The second-order valence-electron chi connectivity index (χ2n) is 7.18. The molecule has 0 saturated heterocycles. The van der Waals surface area contributed by atoms with Crippen LogP contribution in [0.3, 0.4) is 0 Å². The fraction of sp³-hybridized carbons (Fsp3) is 0.421. The fourth-order valence-electron chi connectivity index (χ4n) is 2.54. The molecule has 0 aliphatic heterocycles. The summed E-state index contributed by atoms with van der Waals surface area (Å²) in [5.41, 5.74) is 1.86. The molecule has 140 valence electrons. The van der Waals surface area contributed by atoms with Crippen molar-refractivity contribution < 1.29 is 4.79 Å². The number of amides is 1. The van der Waals surface area contributed by atoms with Crippen molar-refractivity contribution in [3.63, 3.8) is 0 Å². The Bertz CT molecular complexity index is 746. The molecule has 1 heterocycles. The van der Waals surface area contributed by atoms with Crippen molar-refractivity contribution in [1.29, 1.82) is 0 Å². The molecule has 2 N–H and O–H groups in total. The zero-order valence-corrected chi connectivity index (χ0v) is 16.2. The molecular weight excluding hydrogens is 328 g/mol. The van der Waals surface area contributed by atoms with Crippen LogP contribution in [0.2, 0.25) is 0 Å². The molecule has 0 aliphatic rings. The van der Waals surface area contributed by atoms with E-state index in [4.69, 9.17) is 0 Å². The van der Waals surface area contributed by atoms with Crippen LogP contribution in [-0.2, 0) is 11.3 Å². The monoisotopic (exact) mass is 356 g/mol. The van der Waals surface area contributed by atoms with Crippen LogP contribution in [0.25, 0.3) is 5.69 Å². The van der Waals surface area contributed by atoms with Crippen molar-refractivity contribution in [2.45, 2.75) is 32.9 Å². The average Bonchev–Trinajstić information content (AvgIpc) is 3.08. The number of aromatic nitrogens is 2. The van der Waals surface area contributed by atoms with Crippen molar-refractivity contribution in [3.8, 4) is 5.69 Å². The molecule has 0 bridgehead atoms. The van der Waals surface area contributed by atoms with Crippen molar-refractivity contribution in [2.24, 2.45) is 4.99 Å². The molecule has 2 rings (SSSR count). The molecule has 0 fully saturated rings. The lowest BCUT2D eigenvalue weighted by molar-refractivity contribution is -0.122. The van der Waals surface area contributed by atoms with E-state index < -0.39 is 0 Å². The Morgan fingerprint density at radius 3 is 2.69 bits per heavy atom. The number of nitrogens with zero attached hydrogens (tertiary/aromatic N) is 4. The third-order valence-corrected chi connectivity index (χ3v) is 3.60. The van der Waals surface area contributed by atoms with Crippen molar-refractivity contribution >= 4 is 11.9 Å². The van der Waals surface area contributed by atoms with Crippen molar-refractivity contribution in [3.05, 3.63) is 48.3 Å². The molecule has 1 aromatic carbocycles. The molecule has 0 radical (unpaired) electrons. The summed E-state index contributed by atoms with van der Waals surface area (Å²) in [4.78, 5) is 18.2. The molecule has 0 unspecified atom stereocenters. The summed E-state index contributed by atoms with van der Waals surface area (Å²) in [5, 5.41) is 10.5. The van der Waals surface area contributed by atoms with Crippen LogP contribution in [0, 0.1) is 0 Å². The van der Waals surface area contributed by atoms with Crippen molar-refractivity contribution in [1.82, 2.24) is 25.3 Å². The predicted octanol–water partition coefficient (Wildman–Crippen LogP) is 1.79. The maximum absolute atomic E-state index is 12.1. The van der Waals surface area contributed by atoms with Gasteiger partial charge in [0.2, 0.25) is 5.91 Å². The van der Waals surface area contributed by atoms with E-state index in [0.717, 1.165) is 11.3 Å². The fourth-order valence-corrected chi connectivity index (χ4v) is 2.54. The summed E-state index contributed by atoms with van der Waals surface area (Å²) < 4.78 is 1.82. The van der Waals surface area contributed by atoms with Gasteiger partial charge in [-0.05, 0) is 44.5 Å². The molecule has 0 atom stereocenters. The second-order valence-corrected chi connectivity index (χ2v) is 7.18. The maximum Gasteiger partial charge on any atom is 0.240 e. The number of benzene rings is 1. The molecule has 7 nitrogen and oxygen atoms in total. The van der Waals surface area contributed by atoms with E-state index in [0.29, 0.717) is 12.5 Å². The molecule has 1 amide bonds. The Labute approximate surface area is 155 Å². The molecular formula is C19H28N6O. The largest absolute Gasteiger partial charge is 0.352 e. The Hall–Kier alpha value is -2.83. The molecule has 0 aliphatic carbocycles. The smallest absolute Gasteiger partial charge is 0.240 e. The number of rotatable bonds is 5. The first-order valence-electron chi connectivity index (χ1n) is 8.60. The highest BCUT2D eigenvalue weighted by molar-refractivity contribution is 5.86. The minimum absolute atomic E-state index is 0.0383. The minimum atomic E-state index is -0.248. The number of nitrogens with one attached hydrogen (secondary N) is 2. The SMILES string of the molecule is CN=C(NCc1cccc(-n2cccn2)c1)N(C)CC(=O)NC(C)(C)C. The normalized spacial score (nSPS) is 12.0. The number of hydrogen-bond acceptors (Lipinski definition) is 3. The standard InChI is InChI=1S/C19H28N6O/c1-19(2,3)23-17(26)14-24(5)18(20-4)21-13-15-8-6-9-16(12-15)25-11-7-10-22-25/h6-12H,13-14H2,1-5H3,(H,20,21)(H,23,26). The number of likely N-dealkylation sites (N-methyl/N-ethyl adjacent to an activating group) is 1. The van der Waals surface area contributed by atoms with Gasteiger partial charge in [-0.25, -0.2) is 4.68 Å². The van der Waals surface area contributed by atoms with Gasteiger partial charge in [0.15, 0.2) is 5.96 Å². The van der Waals surface area contributed by atoms with Gasteiger partial charge < -0.3 is 15.5 Å². The van der Waals surface area contributed by atoms with E-state index in [-0.39, 0.29) is 18.0 Å². The summed E-state index contributed by atoms with van der Waals surface area (Å²) in [5.74, 6) is 0.627. The molecule has 2 aromatic rings. The highest BCUT2D eigenvalue weighted by Gasteiger charge is 2.16. The lowest BCUT2D eigenvalue weighted by atomic mass is 10.1. The van der Waals surface area contributed by atoms with Crippen LogP contribution in [0.4, 0.5) is 0 Å². The van der Waals surface area contributed by atoms with Crippen LogP contribution >= 0.6 is 0 Å². The third kappa shape index (κ3) is 5.91. The molecule has 0 spiro atoms. The lowest BCUT2D eigenvalue weighted by Crippen LogP contribution is -2.48. The molecule has 1 aromatic heterocycles. The summed E-state index contributed by atoms with van der Waals surface area (Å²) in [6.45, 7) is 6.73. The number of carbonyl (C=O) groups is 1. The Balaban J connectivity index is 1.94. The van der Waals surface area contributed by atoms with Gasteiger partial charge in [-0.2, -0.15) is 5.10 Å². The van der Waals surface area contributed by atoms with Gasteiger partial charge in [-0.3, -0.25) is 9.79 Å². The van der Waals surface area contributed by atoms with Gasteiger partial charge >= 0.3 is 0 Å². The quantitative estimate of drug-likeness (QED) is 0.633. The highest BCUT2D eigenvalue weighted by Crippen LogP contribution is 2.09. The Kier molecular flexibility index (Phi) is 6.38. The van der Waals surface area contributed by atoms with Gasteiger partial charge in [0.25, 0.3) is 0 Å². The third-order valence-electron chi connectivity index (χ3n) is 3.60. The second kappa shape index (κ2) is 8.51. The molecule has 0 saturated carbocycles. The predicted molar refractivity (Wildman–Crippen MR) is 104 cm³/mol. The zero-order chi connectivity index (χ0) is 19.2. The van der Waals surface area contributed by atoms with Crippen LogP contribution in [0.15, 0.2) is 47.7 Å². The van der Waals surface area contributed by atoms with E-state index in [2.05, 4.69) is 26.8 Å². The van der Waals surface area contributed by atoms with E-state index in [9.17, 15) is 4.79 Å². The number of hydrogen-bond donors (Lipinski definition) is 2. The number of aliphatic imine (C=N–C) groups is 1. The van der Waals surface area contributed by atoms with Crippen LogP contribution in [0.5, 0.6) is 0 Å². The Morgan fingerprint density at radius 1 is 1.31 bits per heavy atom. The van der Waals surface area contributed by atoms with E-state index in [1.54, 1.807) is 18.1 Å². The number of carbonyl (C=O) groups excluding carboxylic acids is 1. The van der Waals surface area contributed by atoms with Crippen LogP contribution in [-0.4, -0.2) is 52.7 Å². The molecule has 26 heavy (non-hydrogen) atoms. The van der Waals surface area contributed by atoms with E-state index >= 15 is 0 Å². The van der Waals surface area contributed by atoms with Gasteiger partial charge in [0.05, 0.1) is 12.2 Å². The van der Waals surface area contributed by atoms with E-state index in [1.165, 1.54) is 0 Å². The number of guanidine groups is 1. The maximum atomic E-state index is 12.1.